The first-order valence-corrected chi connectivity index (χ1v) is 20.3. The number of carboxylic acid groups (broad SMARTS) is 1. The van der Waals surface area contributed by atoms with E-state index in [9.17, 15) is 14.7 Å². The molecule has 4 aromatic carbocycles. The van der Waals surface area contributed by atoms with Crippen LogP contribution in [0.1, 0.15) is 54.6 Å². The molecule has 0 aliphatic carbocycles. The molecular weight excluding hydrogens is 747 g/mol. The second-order valence-electron chi connectivity index (χ2n) is 16.0. The van der Waals surface area contributed by atoms with Crippen LogP contribution in [0.4, 0.5) is 10.5 Å². The number of nitrogens with zero attached hydrogens (tertiary/aromatic N) is 5. The van der Waals surface area contributed by atoms with E-state index in [1.54, 1.807) is 4.90 Å². The number of rotatable bonds is 10. The van der Waals surface area contributed by atoms with Crippen molar-refractivity contribution >= 4 is 39.4 Å². The van der Waals surface area contributed by atoms with Crippen LogP contribution in [0.3, 0.4) is 0 Å². The van der Waals surface area contributed by atoms with Crippen LogP contribution in [0.25, 0.3) is 32.8 Å². The summed E-state index contributed by atoms with van der Waals surface area (Å²) >= 11 is 0. The fraction of sp³-hybridized carbons (Fsp3) is 0.340. The Balaban J connectivity index is 1.04. The Kier molecular flexibility index (Phi) is 11.3. The highest BCUT2D eigenvalue weighted by molar-refractivity contribution is 6.04. The van der Waals surface area contributed by atoms with Gasteiger partial charge in [0.2, 0.25) is 0 Å². The zero-order valence-corrected chi connectivity index (χ0v) is 34.1. The number of aromatic carboxylic acids is 1. The number of benzene rings is 4. The maximum absolute atomic E-state index is 13.2. The predicted octanol–water partition coefficient (Wildman–Crippen LogP) is 8.63. The molecule has 1 fully saturated rings. The van der Waals surface area contributed by atoms with Gasteiger partial charge in [-0.1, -0.05) is 66.7 Å². The van der Waals surface area contributed by atoms with Crippen molar-refractivity contribution < 1.29 is 33.6 Å². The standard InChI is InChI=1S/C47H51N5O7/c1-47(2,3)59-46(55)51-26-24-50(25-27-51)33-19-21-34(22-20-33)58-30-39-42-38-16-10-15-36-37(17-11-29-57-41-18-9-13-32-12-5-6-14-35(32)41)44(45(53)54)52(43(36)38)23-7-8-28-56-31-40(42)49(4)48-39/h5-10,12-16,18-22H,11,17,23-31H2,1-4H3,(H,53,54)/b8-7-. The lowest BCUT2D eigenvalue weighted by Gasteiger charge is -2.36. The SMILES string of the molecule is Cn1nc(COc2ccc(N3CCN(C(=O)OC(C)(C)C)CC3)cc2)c2c1COC/C=C\Cn1c(C(=O)O)c(CCCOc3cccc4ccccc34)c3cccc-2c31. The van der Waals surface area contributed by atoms with Crippen molar-refractivity contribution in [2.75, 3.05) is 44.3 Å². The summed E-state index contributed by atoms with van der Waals surface area (Å²) in [4.78, 5) is 29.7. The predicted molar refractivity (Wildman–Crippen MR) is 228 cm³/mol. The number of carbonyl (C=O) groups is 2. The minimum absolute atomic E-state index is 0.191. The normalized spacial score (nSPS) is 15.1. The average molecular weight is 798 g/mol. The molecule has 306 valence electrons. The fourth-order valence-corrected chi connectivity index (χ4v) is 8.16. The van der Waals surface area contributed by atoms with Crippen molar-refractivity contribution in [3.63, 3.8) is 0 Å². The fourth-order valence-electron chi connectivity index (χ4n) is 8.16. The van der Waals surface area contributed by atoms with Gasteiger partial charge in [-0.3, -0.25) is 4.68 Å². The molecule has 0 atom stereocenters. The first-order chi connectivity index (χ1) is 28.6. The largest absolute Gasteiger partial charge is 0.493 e. The van der Waals surface area contributed by atoms with Gasteiger partial charge in [-0.25, -0.2) is 9.59 Å². The van der Waals surface area contributed by atoms with E-state index < -0.39 is 11.6 Å². The van der Waals surface area contributed by atoms with Gasteiger partial charge in [-0.2, -0.15) is 5.10 Å². The highest BCUT2D eigenvalue weighted by atomic mass is 16.6. The van der Waals surface area contributed by atoms with Gasteiger partial charge in [-0.15, -0.1) is 0 Å². The number of hydrogen-bond donors (Lipinski definition) is 1. The summed E-state index contributed by atoms with van der Waals surface area (Å²) in [6, 6.07) is 28.2. The molecule has 2 aliphatic rings. The van der Waals surface area contributed by atoms with Crippen LogP contribution >= 0.6 is 0 Å². The number of hydrogen-bond acceptors (Lipinski definition) is 8. The Morgan fingerprint density at radius 1 is 0.864 bits per heavy atom. The van der Waals surface area contributed by atoms with Crippen LogP contribution in [0.15, 0.2) is 97.1 Å². The zero-order chi connectivity index (χ0) is 41.1. The van der Waals surface area contributed by atoms with E-state index in [1.807, 2.05) is 116 Å². The molecule has 0 unspecified atom stereocenters. The molecule has 4 heterocycles. The number of ether oxygens (including phenoxy) is 4. The molecule has 8 rings (SSSR count). The van der Waals surface area contributed by atoms with E-state index >= 15 is 0 Å². The molecule has 0 spiro atoms. The van der Waals surface area contributed by atoms with E-state index in [0.29, 0.717) is 71.1 Å². The molecule has 12 heteroatoms. The minimum atomic E-state index is -0.972. The second kappa shape index (κ2) is 16.9. The van der Waals surface area contributed by atoms with Crippen LogP contribution in [-0.4, -0.2) is 81.4 Å². The molecule has 12 nitrogen and oxygen atoms in total. The molecule has 2 aliphatic heterocycles. The number of aromatic nitrogens is 3. The summed E-state index contributed by atoms with van der Waals surface area (Å²) in [7, 11) is 1.90. The monoisotopic (exact) mass is 797 g/mol. The van der Waals surface area contributed by atoms with Crippen molar-refractivity contribution in [2.24, 2.45) is 7.05 Å². The van der Waals surface area contributed by atoms with Gasteiger partial charge in [-0.05, 0) is 74.9 Å². The third kappa shape index (κ3) is 8.49. The topological polar surface area (TPSA) is 121 Å². The maximum atomic E-state index is 13.2. The molecular formula is C47H51N5O7. The van der Waals surface area contributed by atoms with Gasteiger partial charge in [0.1, 0.15) is 35.1 Å². The number of piperazine rings is 1. The quantitative estimate of drug-likeness (QED) is 0.107. The number of allylic oxidation sites excluding steroid dienone is 1. The van der Waals surface area contributed by atoms with Crippen LogP contribution < -0.4 is 14.4 Å². The van der Waals surface area contributed by atoms with Crippen LogP contribution in [0.2, 0.25) is 0 Å². The van der Waals surface area contributed by atoms with E-state index in [2.05, 4.69) is 23.1 Å². The van der Waals surface area contributed by atoms with Crippen molar-refractivity contribution in [3.05, 3.63) is 120 Å². The van der Waals surface area contributed by atoms with Crippen molar-refractivity contribution in [3.8, 4) is 22.6 Å². The molecule has 6 aromatic rings. The van der Waals surface area contributed by atoms with Crippen LogP contribution in [0.5, 0.6) is 11.5 Å². The average Bonchev–Trinajstić information content (AvgIpc) is 3.71. The third-order valence-electron chi connectivity index (χ3n) is 10.9. The van der Waals surface area contributed by atoms with Crippen LogP contribution in [0, 0.1) is 0 Å². The van der Waals surface area contributed by atoms with E-state index in [0.717, 1.165) is 61.2 Å². The summed E-state index contributed by atoms with van der Waals surface area (Å²) in [5.74, 6) is 0.540. The van der Waals surface area contributed by atoms with Crippen molar-refractivity contribution in [2.45, 2.75) is 59.0 Å². The van der Waals surface area contributed by atoms with Crippen LogP contribution in [-0.2, 0) is 42.7 Å². The molecule has 0 bridgehead atoms. The first-order valence-electron chi connectivity index (χ1n) is 20.3. The Labute approximate surface area is 344 Å². The Hall–Kier alpha value is -6.27. The number of aryl methyl sites for hydroxylation is 2. The number of carboxylic acids is 1. The van der Waals surface area contributed by atoms with Gasteiger partial charge in [0.15, 0.2) is 0 Å². The molecule has 59 heavy (non-hydrogen) atoms. The number of fused-ring (bicyclic) bond motifs is 3. The lowest BCUT2D eigenvalue weighted by atomic mass is 9.98. The molecule has 1 saturated heterocycles. The Bertz CT molecular complexity index is 2500. The third-order valence-corrected chi connectivity index (χ3v) is 10.9. The van der Waals surface area contributed by atoms with Crippen molar-refractivity contribution in [1.29, 1.82) is 0 Å². The van der Waals surface area contributed by atoms with E-state index in [4.69, 9.17) is 24.0 Å². The van der Waals surface area contributed by atoms with Gasteiger partial charge in [0.25, 0.3) is 0 Å². The van der Waals surface area contributed by atoms with Gasteiger partial charge in [0, 0.05) is 67.4 Å². The van der Waals surface area contributed by atoms with Gasteiger partial charge in [0.05, 0.1) is 31.0 Å². The van der Waals surface area contributed by atoms with Crippen molar-refractivity contribution in [1.82, 2.24) is 19.2 Å². The lowest BCUT2D eigenvalue weighted by molar-refractivity contribution is 0.0240. The number of para-hydroxylation sites is 1. The molecule has 1 amide bonds. The Morgan fingerprint density at radius 3 is 2.39 bits per heavy atom. The molecule has 1 N–H and O–H groups in total. The summed E-state index contributed by atoms with van der Waals surface area (Å²) in [6.45, 7) is 9.91. The smallest absolute Gasteiger partial charge is 0.410 e. The minimum Gasteiger partial charge on any atom is -0.493 e. The number of amides is 1. The Morgan fingerprint density at radius 2 is 1.61 bits per heavy atom. The van der Waals surface area contributed by atoms with Gasteiger partial charge < -0.3 is 38.4 Å². The number of anilines is 1. The summed E-state index contributed by atoms with van der Waals surface area (Å²) in [6.07, 6.45) is 4.79. The molecule has 0 radical (unpaired) electrons. The molecule has 0 saturated carbocycles. The van der Waals surface area contributed by atoms with E-state index in [1.165, 1.54) is 0 Å². The molecule has 2 aromatic heterocycles. The first kappa shape index (κ1) is 39.6. The zero-order valence-electron chi connectivity index (χ0n) is 34.1. The van der Waals surface area contributed by atoms with Gasteiger partial charge >= 0.3 is 12.1 Å². The second-order valence-corrected chi connectivity index (χ2v) is 16.0. The summed E-state index contributed by atoms with van der Waals surface area (Å²) in [5.41, 5.74) is 5.78. The highest BCUT2D eigenvalue weighted by Gasteiger charge is 2.29. The summed E-state index contributed by atoms with van der Waals surface area (Å²) < 4.78 is 28.1. The summed E-state index contributed by atoms with van der Waals surface area (Å²) in [5, 5.41) is 18.8. The number of carbonyl (C=O) groups excluding carboxylic acids is 1. The lowest BCUT2D eigenvalue weighted by Crippen LogP contribution is -2.50. The highest BCUT2D eigenvalue weighted by Crippen LogP contribution is 2.39. The van der Waals surface area contributed by atoms with E-state index in [-0.39, 0.29) is 18.4 Å². The maximum Gasteiger partial charge on any atom is 0.410 e.